The Bertz CT molecular complexity index is 1260. The lowest BCUT2D eigenvalue weighted by molar-refractivity contribution is 0.0698. The Hall–Kier alpha value is -4.00. The van der Waals surface area contributed by atoms with Gasteiger partial charge in [0.25, 0.3) is 0 Å². The molecule has 0 bridgehead atoms. The minimum atomic E-state index is -0.996. The molecular formula is C24H23N5O2. The van der Waals surface area contributed by atoms with Crippen LogP contribution in [0.25, 0.3) is 17.1 Å². The Labute approximate surface area is 180 Å². The summed E-state index contributed by atoms with van der Waals surface area (Å²) in [7, 11) is 0. The topological polar surface area (TPSA) is 92.9 Å². The lowest BCUT2D eigenvalue weighted by atomic mass is 10.1. The summed E-state index contributed by atoms with van der Waals surface area (Å²) in [5, 5.41) is 17.7. The van der Waals surface area contributed by atoms with Crippen LogP contribution >= 0.6 is 0 Å². The van der Waals surface area contributed by atoms with Gasteiger partial charge < -0.3 is 10.4 Å². The third-order valence-corrected chi connectivity index (χ3v) is 5.06. The quantitative estimate of drug-likeness (QED) is 0.465. The van der Waals surface area contributed by atoms with E-state index >= 15 is 0 Å². The average Bonchev–Trinajstić information content (AvgIpc) is 3.19. The molecule has 0 amide bonds. The predicted octanol–water partition coefficient (Wildman–Crippen LogP) is 4.95. The molecule has 0 spiro atoms. The molecule has 0 aliphatic carbocycles. The van der Waals surface area contributed by atoms with E-state index in [-0.39, 0.29) is 5.56 Å². The van der Waals surface area contributed by atoms with Crippen LogP contribution in [0, 0.1) is 13.8 Å². The van der Waals surface area contributed by atoms with Gasteiger partial charge in [-0.2, -0.15) is 9.78 Å². The van der Waals surface area contributed by atoms with Crippen molar-refractivity contribution in [3.8, 4) is 17.1 Å². The summed E-state index contributed by atoms with van der Waals surface area (Å²) in [5.41, 5.74) is 5.21. The third-order valence-electron chi connectivity index (χ3n) is 5.06. The molecular weight excluding hydrogens is 390 g/mol. The Morgan fingerprint density at radius 2 is 1.87 bits per heavy atom. The summed E-state index contributed by atoms with van der Waals surface area (Å²) in [5.74, 6) is 0.183. The molecule has 7 heteroatoms. The van der Waals surface area contributed by atoms with Crippen LogP contribution in [-0.4, -0.2) is 30.8 Å². The van der Waals surface area contributed by atoms with Gasteiger partial charge in [0.2, 0.25) is 0 Å². The highest BCUT2D eigenvalue weighted by molar-refractivity contribution is 5.95. The Balaban J connectivity index is 1.86. The van der Waals surface area contributed by atoms with Crippen molar-refractivity contribution in [2.45, 2.75) is 27.2 Å². The molecule has 0 radical (unpaired) electrons. The fraction of sp³-hybridized carbons (Fsp3) is 0.167. The zero-order valence-corrected chi connectivity index (χ0v) is 17.6. The maximum atomic E-state index is 11.8. The van der Waals surface area contributed by atoms with E-state index in [1.165, 1.54) is 5.56 Å². The van der Waals surface area contributed by atoms with Crippen molar-refractivity contribution < 1.29 is 9.90 Å². The van der Waals surface area contributed by atoms with Crippen molar-refractivity contribution in [3.05, 3.63) is 83.3 Å². The van der Waals surface area contributed by atoms with Crippen molar-refractivity contribution in [2.24, 2.45) is 0 Å². The van der Waals surface area contributed by atoms with Gasteiger partial charge in [-0.15, -0.1) is 0 Å². The monoisotopic (exact) mass is 413 g/mol. The summed E-state index contributed by atoms with van der Waals surface area (Å²) in [6.07, 6.45) is 4.16. The number of benzene rings is 2. The SMILES string of the molecule is CCc1cccc(-c2cc(Nc3ccc(C)cc3C(=O)O)n(-c3nccnc3C)n2)c1. The number of aryl methyl sites for hydroxylation is 3. The predicted molar refractivity (Wildman–Crippen MR) is 120 cm³/mol. The fourth-order valence-corrected chi connectivity index (χ4v) is 3.41. The minimum Gasteiger partial charge on any atom is -0.478 e. The summed E-state index contributed by atoms with van der Waals surface area (Å²) in [6.45, 7) is 5.83. The molecule has 0 saturated heterocycles. The van der Waals surface area contributed by atoms with E-state index in [0.717, 1.165) is 23.2 Å². The van der Waals surface area contributed by atoms with E-state index < -0.39 is 5.97 Å². The van der Waals surface area contributed by atoms with Gasteiger partial charge in [0.15, 0.2) is 5.82 Å². The molecule has 2 aromatic carbocycles. The smallest absolute Gasteiger partial charge is 0.337 e. The van der Waals surface area contributed by atoms with Crippen LogP contribution in [0.4, 0.5) is 11.5 Å². The summed E-state index contributed by atoms with van der Waals surface area (Å²) >= 11 is 0. The first-order valence-corrected chi connectivity index (χ1v) is 10.0. The standard InChI is InChI=1S/C24H23N5O2/c1-4-17-6-5-7-18(13-17)21-14-22(29(28-21)23-16(3)25-10-11-26-23)27-20-9-8-15(2)12-19(20)24(30)31/h5-14,27H,4H2,1-3H3,(H,30,31). The first-order chi connectivity index (χ1) is 15.0. The van der Waals surface area contributed by atoms with Gasteiger partial charge in [-0.3, -0.25) is 4.98 Å². The van der Waals surface area contributed by atoms with Gasteiger partial charge >= 0.3 is 5.97 Å². The second-order valence-electron chi connectivity index (χ2n) is 7.33. The molecule has 7 nitrogen and oxygen atoms in total. The van der Waals surface area contributed by atoms with E-state index in [4.69, 9.17) is 5.10 Å². The molecule has 0 fully saturated rings. The third kappa shape index (κ3) is 4.16. The number of carbonyl (C=O) groups is 1. The second kappa shape index (κ2) is 8.39. The van der Waals surface area contributed by atoms with Crippen molar-refractivity contribution >= 4 is 17.5 Å². The van der Waals surface area contributed by atoms with Gasteiger partial charge in [0.05, 0.1) is 22.6 Å². The summed E-state index contributed by atoms with van der Waals surface area (Å²) < 4.78 is 1.67. The number of anilines is 2. The van der Waals surface area contributed by atoms with Crippen molar-refractivity contribution in [3.63, 3.8) is 0 Å². The normalized spacial score (nSPS) is 10.8. The van der Waals surface area contributed by atoms with Crippen molar-refractivity contribution in [2.75, 3.05) is 5.32 Å². The summed E-state index contributed by atoms with van der Waals surface area (Å²) in [4.78, 5) is 20.6. The lowest BCUT2D eigenvalue weighted by Crippen LogP contribution is -2.09. The number of carboxylic acid groups (broad SMARTS) is 1. The number of nitrogens with one attached hydrogen (secondary N) is 1. The number of carboxylic acids is 1. The molecule has 0 saturated carbocycles. The largest absolute Gasteiger partial charge is 0.478 e. The first kappa shape index (κ1) is 20.3. The van der Waals surface area contributed by atoms with Gasteiger partial charge in [-0.05, 0) is 44.0 Å². The van der Waals surface area contributed by atoms with E-state index in [9.17, 15) is 9.90 Å². The number of nitrogens with zero attached hydrogens (tertiary/aromatic N) is 4. The molecule has 0 atom stereocenters. The van der Waals surface area contributed by atoms with Gasteiger partial charge in [-0.25, -0.2) is 9.78 Å². The lowest BCUT2D eigenvalue weighted by Gasteiger charge is -2.12. The van der Waals surface area contributed by atoms with Crippen LogP contribution in [0.5, 0.6) is 0 Å². The Kier molecular flexibility index (Phi) is 5.49. The fourth-order valence-electron chi connectivity index (χ4n) is 3.41. The number of hydrogen-bond donors (Lipinski definition) is 2. The minimum absolute atomic E-state index is 0.193. The molecule has 0 unspecified atom stereocenters. The molecule has 4 aromatic rings. The van der Waals surface area contributed by atoms with Crippen LogP contribution in [0.2, 0.25) is 0 Å². The van der Waals surface area contributed by atoms with Gasteiger partial charge in [0, 0.05) is 24.0 Å². The number of aromatic nitrogens is 4. The highest BCUT2D eigenvalue weighted by Crippen LogP contribution is 2.29. The highest BCUT2D eigenvalue weighted by atomic mass is 16.4. The molecule has 0 aliphatic heterocycles. The maximum absolute atomic E-state index is 11.8. The zero-order valence-electron chi connectivity index (χ0n) is 17.6. The van der Waals surface area contributed by atoms with Gasteiger partial charge in [0.1, 0.15) is 5.82 Å². The molecule has 2 N–H and O–H groups in total. The molecule has 4 rings (SSSR count). The van der Waals surface area contributed by atoms with Gasteiger partial charge in [-0.1, -0.05) is 36.8 Å². The van der Waals surface area contributed by atoms with Crippen LogP contribution in [0.1, 0.15) is 34.1 Å². The highest BCUT2D eigenvalue weighted by Gasteiger charge is 2.17. The second-order valence-corrected chi connectivity index (χ2v) is 7.33. The van der Waals surface area contributed by atoms with Crippen LogP contribution in [-0.2, 0) is 6.42 Å². The van der Waals surface area contributed by atoms with Crippen LogP contribution < -0.4 is 5.32 Å². The maximum Gasteiger partial charge on any atom is 0.337 e. The van der Waals surface area contributed by atoms with E-state index in [2.05, 4.69) is 34.3 Å². The zero-order chi connectivity index (χ0) is 22.0. The Morgan fingerprint density at radius 3 is 2.61 bits per heavy atom. The number of hydrogen-bond acceptors (Lipinski definition) is 5. The van der Waals surface area contributed by atoms with Crippen LogP contribution in [0.3, 0.4) is 0 Å². The molecule has 31 heavy (non-hydrogen) atoms. The molecule has 156 valence electrons. The van der Waals surface area contributed by atoms with E-state index in [0.29, 0.717) is 23.0 Å². The number of rotatable bonds is 6. The van der Waals surface area contributed by atoms with E-state index in [1.54, 1.807) is 29.2 Å². The first-order valence-electron chi connectivity index (χ1n) is 10.0. The Morgan fingerprint density at radius 1 is 1.06 bits per heavy atom. The number of aromatic carboxylic acids is 1. The average molecular weight is 413 g/mol. The summed E-state index contributed by atoms with van der Waals surface area (Å²) in [6, 6.07) is 15.4. The van der Waals surface area contributed by atoms with Crippen molar-refractivity contribution in [1.82, 2.24) is 19.7 Å². The molecule has 2 aromatic heterocycles. The molecule has 2 heterocycles. The van der Waals surface area contributed by atoms with Crippen molar-refractivity contribution in [1.29, 1.82) is 0 Å². The van der Waals surface area contributed by atoms with Crippen LogP contribution in [0.15, 0.2) is 60.9 Å². The molecule has 0 aliphatic rings. The van der Waals surface area contributed by atoms with E-state index in [1.807, 2.05) is 38.1 Å².